The predicted molar refractivity (Wildman–Crippen MR) is 87.2 cm³/mol. The molecule has 0 nitrogen and oxygen atoms in total. The second-order valence-electron chi connectivity index (χ2n) is 5.48. The van der Waals surface area contributed by atoms with Crippen LogP contribution >= 0.6 is 46.1 Å². The van der Waals surface area contributed by atoms with Gasteiger partial charge in [-0.05, 0) is 22.6 Å². The van der Waals surface area contributed by atoms with E-state index in [0.717, 1.165) is 11.1 Å². The number of alkyl halides is 1. The minimum atomic E-state index is -0.272. The fraction of sp³-hybridized carbons (Fsp3) is 0.333. The van der Waals surface area contributed by atoms with E-state index in [2.05, 4.69) is 32.9 Å². The van der Waals surface area contributed by atoms with Gasteiger partial charge in [0.05, 0.1) is 14.0 Å². The van der Waals surface area contributed by atoms with Gasteiger partial charge in [-0.25, -0.2) is 0 Å². The van der Waals surface area contributed by atoms with Gasteiger partial charge in [0.1, 0.15) is 0 Å². The maximum atomic E-state index is 6.62. The minimum Gasteiger partial charge on any atom is -0.112 e. The van der Waals surface area contributed by atoms with E-state index in [4.69, 9.17) is 34.8 Å². The van der Waals surface area contributed by atoms with E-state index in [0.29, 0.717) is 8.67 Å². The molecule has 2 rings (SSSR count). The van der Waals surface area contributed by atoms with Crippen molar-refractivity contribution in [3.8, 4) is 0 Å². The lowest BCUT2D eigenvalue weighted by molar-refractivity contribution is 0.583. The van der Waals surface area contributed by atoms with Crippen molar-refractivity contribution in [1.29, 1.82) is 0 Å². The first-order valence-electron chi connectivity index (χ1n) is 5.99. The molecule has 0 spiro atoms. The van der Waals surface area contributed by atoms with Gasteiger partial charge in [0, 0.05) is 5.56 Å². The highest BCUT2D eigenvalue weighted by atomic mass is 35.5. The molecule has 0 radical (unpaired) electrons. The molecule has 0 amide bonds. The normalized spacial score (nSPS) is 13.6. The van der Waals surface area contributed by atoms with Crippen LogP contribution in [-0.2, 0) is 5.41 Å². The molecular formula is C15H15Cl3S. The van der Waals surface area contributed by atoms with Crippen LogP contribution in [0, 0.1) is 0 Å². The number of hydrogen-bond acceptors (Lipinski definition) is 1. The molecule has 1 aromatic heterocycles. The van der Waals surface area contributed by atoms with Crippen molar-refractivity contribution < 1.29 is 0 Å². The SMILES string of the molecule is CC(C)(C)c1ccccc1C(Cl)c1cc(Cl)sc1Cl. The van der Waals surface area contributed by atoms with Gasteiger partial charge in [0.25, 0.3) is 0 Å². The Labute approximate surface area is 133 Å². The van der Waals surface area contributed by atoms with E-state index >= 15 is 0 Å². The highest BCUT2D eigenvalue weighted by Crippen LogP contribution is 2.43. The minimum absolute atomic E-state index is 0.0377. The molecule has 0 aliphatic rings. The van der Waals surface area contributed by atoms with Crippen LogP contribution in [0.4, 0.5) is 0 Å². The summed E-state index contributed by atoms with van der Waals surface area (Å²) in [6.07, 6.45) is 0. The van der Waals surface area contributed by atoms with Gasteiger partial charge >= 0.3 is 0 Å². The first kappa shape index (κ1) is 15.2. The zero-order valence-electron chi connectivity index (χ0n) is 11.0. The summed E-state index contributed by atoms with van der Waals surface area (Å²) in [7, 11) is 0. The second-order valence-corrected chi connectivity index (χ2v) is 8.20. The molecule has 0 saturated heterocycles. The van der Waals surface area contributed by atoms with Gasteiger partial charge < -0.3 is 0 Å². The van der Waals surface area contributed by atoms with Crippen LogP contribution in [0.5, 0.6) is 0 Å². The first-order chi connectivity index (χ1) is 8.80. The van der Waals surface area contributed by atoms with Crippen LogP contribution in [0.2, 0.25) is 8.67 Å². The molecule has 0 aliphatic heterocycles. The maximum Gasteiger partial charge on any atom is 0.0994 e. The van der Waals surface area contributed by atoms with Crippen molar-refractivity contribution >= 4 is 46.1 Å². The van der Waals surface area contributed by atoms with E-state index in [9.17, 15) is 0 Å². The Bertz CT molecular complexity index is 581. The van der Waals surface area contributed by atoms with Gasteiger partial charge in [-0.3, -0.25) is 0 Å². The van der Waals surface area contributed by atoms with Crippen molar-refractivity contribution in [2.75, 3.05) is 0 Å². The summed E-state index contributed by atoms with van der Waals surface area (Å²) in [6, 6.07) is 10.1. The maximum absolute atomic E-state index is 6.62. The quantitative estimate of drug-likeness (QED) is 0.538. The summed E-state index contributed by atoms with van der Waals surface area (Å²) < 4.78 is 1.33. The number of hydrogen-bond donors (Lipinski definition) is 0. The van der Waals surface area contributed by atoms with Crippen LogP contribution in [0.1, 0.15) is 42.8 Å². The van der Waals surface area contributed by atoms with Crippen LogP contribution in [-0.4, -0.2) is 0 Å². The number of rotatable bonds is 2. The van der Waals surface area contributed by atoms with Gasteiger partial charge in [-0.1, -0.05) is 68.2 Å². The molecule has 0 bridgehead atoms. The summed E-state index contributed by atoms with van der Waals surface area (Å²) >= 11 is 20.2. The summed E-state index contributed by atoms with van der Waals surface area (Å²) in [6.45, 7) is 6.53. The van der Waals surface area contributed by atoms with Gasteiger partial charge in [0.15, 0.2) is 0 Å². The molecular weight excluding hydrogens is 319 g/mol. The number of halogens is 3. The summed E-state index contributed by atoms with van der Waals surface area (Å²) in [5, 5.41) is -0.272. The Morgan fingerprint density at radius 2 is 1.68 bits per heavy atom. The Balaban J connectivity index is 2.50. The summed E-state index contributed by atoms with van der Waals surface area (Å²) in [5.41, 5.74) is 3.24. The Morgan fingerprint density at radius 3 is 2.21 bits per heavy atom. The molecule has 4 heteroatoms. The van der Waals surface area contributed by atoms with Crippen molar-refractivity contribution in [3.63, 3.8) is 0 Å². The van der Waals surface area contributed by atoms with Crippen molar-refractivity contribution in [2.45, 2.75) is 31.6 Å². The van der Waals surface area contributed by atoms with Crippen LogP contribution in [0.3, 0.4) is 0 Å². The fourth-order valence-corrected chi connectivity index (χ4v) is 4.11. The smallest absolute Gasteiger partial charge is 0.0994 e. The standard InChI is InChI=1S/C15H15Cl3S/c1-15(2,3)11-7-5-4-6-9(11)13(17)10-8-12(16)19-14(10)18/h4-8,13H,1-3H3. The van der Waals surface area contributed by atoms with E-state index in [1.165, 1.54) is 16.9 Å². The molecule has 0 saturated carbocycles. The van der Waals surface area contributed by atoms with Crippen molar-refractivity contribution in [2.24, 2.45) is 0 Å². The van der Waals surface area contributed by atoms with E-state index < -0.39 is 0 Å². The number of benzene rings is 1. The van der Waals surface area contributed by atoms with Gasteiger partial charge in [-0.15, -0.1) is 22.9 Å². The largest absolute Gasteiger partial charge is 0.112 e. The molecule has 1 heterocycles. The first-order valence-corrected chi connectivity index (χ1v) is 8.00. The Hall–Kier alpha value is -0.210. The Kier molecular flexibility index (Phi) is 4.52. The molecule has 0 fully saturated rings. The summed E-state index contributed by atoms with van der Waals surface area (Å²) in [4.78, 5) is 0. The molecule has 1 atom stereocenters. The third kappa shape index (κ3) is 3.28. The zero-order chi connectivity index (χ0) is 14.2. The van der Waals surface area contributed by atoms with Crippen LogP contribution in [0.25, 0.3) is 0 Å². The van der Waals surface area contributed by atoms with E-state index in [1.54, 1.807) is 0 Å². The average molecular weight is 334 g/mol. The molecule has 19 heavy (non-hydrogen) atoms. The zero-order valence-corrected chi connectivity index (χ0v) is 14.1. The highest BCUT2D eigenvalue weighted by Gasteiger charge is 2.24. The molecule has 102 valence electrons. The number of thiophene rings is 1. The van der Waals surface area contributed by atoms with Gasteiger partial charge in [-0.2, -0.15) is 0 Å². The van der Waals surface area contributed by atoms with Crippen molar-refractivity contribution in [1.82, 2.24) is 0 Å². The van der Waals surface area contributed by atoms with Crippen LogP contribution < -0.4 is 0 Å². The van der Waals surface area contributed by atoms with E-state index in [-0.39, 0.29) is 10.8 Å². The highest BCUT2D eigenvalue weighted by molar-refractivity contribution is 7.20. The molecule has 2 aromatic rings. The van der Waals surface area contributed by atoms with Crippen LogP contribution in [0.15, 0.2) is 30.3 Å². The molecule has 0 N–H and O–H groups in total. The molecule has 1 aromatic carbocycles. The van der Waals surface area contributed by atoms with E-state index in [1.807, 2.05) is 18.2 Å². The Morgan fingerprint density at radius 1 is 1.05 bits per heavy atom. The fourth-order valence-electron chi connectivity index (χ4n) is 2.09. The molecule has 1 unspecified atom stereocenters. The van der Waals surface area contributed by atoms with Gasteiger partial charge in [0.2, 0.25) is 0 Å². The lowest BCUT2D eigenvalue weighted by atomic mass is 9.82. The summed E-state index contributed by atoms with van der Waals surface area (Å²) in [5.74, 6) is 0. The lowest BCUT2D eigenvalue weighted by Gasteiger charge is -2.25. The third-order valence-corrected chi connectivity index (χ3v) is 4.99. The second kappa shape index (κ2) is 5.65. The monoisotopic (exact) mass is 332 g/mol. The molecule has 0 aliphatic carbocycles. The average Bonchev–Trinajstić information content (AvgIpc) is 2.66. The predicted octanol–water partition coefficient (Wildman–Crippen LogP) is 6.68. The third-order valence-electron chi connectivity index (χ3n) is 3.00. The van der Waals surface area contributed by atoms with Crippen molar-refractivity contribution in [3.05, 3.63) is 55.7 Å². The topological polar surface area (TPSA) is 0 Å². The lowest BCUT2D eigenvalue weighted by Crippen LogP contribution is -2.15.